The van der Waals surface area contributed by atoms with Gasteiger partial charge in [-0.2, -0.15) is 0 Å². The van der Waals surface area contributed by atoms with Gasteiger partial charge in [-0.1, -0.05) is 37.1 Å². The highest BCUT2D eigenvalue weighted by Crippen LogP contribution is 2.47. The van der Waals surface area contributed by atoms with Gasteiger partial charge in [0.25, 0.3) is 0 Å². The van der Waals surface area contributed by atoms with Crippen molar-refractivity contribution in [2.75, 3.05) is 11.5 Å². The number of benzene rings is 1. The molecule has 0 bridgehead atoms. The Morgan fingerprint density at radius 3 is 2.64 bits per heavy atom. The average Bonchev–Trinajstić information content (AvgIpc) is 3.22. The Morgan fingerprint density at radius 1 is 1.18 bits per heavy atom. The van der Waals surface area contributed by atoms with Crippen molar-refractivity contribution in [2.45, 2.75) is 52.0 Å². The van der Waals surface area contributed by atoms with Crippen molar-refractivity contribution < 1.29 is 1.37 Å². The molecule has 2 heteroatoms. The zero-order valence-corrected chi connectivity index (χ0v) is 13.8. The monoisotopic (exact) mass is 295 g/mol. The molecule has 0 N–H and O–H groups in total. The van der Waals surface area contributed by atoms with Crippen LogP contribution in [0.15, 0.2) is 47.8 Å². The van der Waals surface area contributed by atoms with Crippen LogP contribution < -0.4 is 4.90 Å². The number of hydrogen-bond acceptors (Lipinski definition) is 2. The zero-order valence-electron chi connectivity index (χ0n) is 14.8. The van der Waals surface area contributed by atoms with Gasteiger partial charge in [0.1, 0.15) is 0 Å². The first-order chi connectivity index (χ1) is 11.0. The van der Waals surface area contributed by atoms with E-state index in [4.69, 9.17) is 1.37 Å². The van der Waals surface area contributed by atoms with Crippen molar-refractivity contribution in [1.82, 2.24) is 4.90 Å². The van der Waals surface area contributed by atoms with E-state index in [1.54, 1.807) is 0 Å². The lowest BCUT2D eigenvalue weighted by Crippen LogP contribution is -2.47. The van der Waals surface area contributed by atoms with E-state index in [2.05, 4.69) is 67.0 Å². The third-order valence-electron chi connectivity index (χ3n) is 5.88. The van der Waals surface area contributed by atoms with Crippen molar-refractivity contribution in [3.05, 3.63) is 53.4 Å². The van der Waals surface area contributed by atoms with Gasteiger partial charge in [0.15, 0.2) is 0 Å². The SMILES string of the molecule is [2H]C1N(c2ccccc2C)C(C)=C2C=CC(C)(C3CCCC3)N21. The summed E-state index contributed by atoms with van der Waals surface area (Å²) >= 11 is 0. The third kappa shape index (κ3) is 1.86. The Balaban J connectivity index is 1.75. The molecule has 22 heavy (non-hydrogen) atoms. The maximum atomic E-state index is 8.97. The fourth-order valence-electron chi connectivity index (χ4n) is 4.39. The highest BCUT2D eigenvalue weighted by atomic mass is 15.4. The summed E-state index contributed by atoms with van der Waals surface area (Å²) < 4.78 is 8.97. The van der Waals surface area contributed by atoms with Gasteiger partial charge in [0.05, 0.1) is 19.3 Å². The van der Waals surface area contributed by atoms with E-state index in [0.717, 1.165) is 5.69 Å². The lowest BCUT2D eigenvalue weighted by molar-refractivity contribution is 0.156. The van der Waals surface area contributed by atoms with Gasteiger partial charge in [-0.3, -0.25) is 0 Å². The molecule has 0 spiro atoms. The molecule has 1 aliphatic carbocycles. The predicted octanol–water partition coefficient (Wildman–Crippen LogP) is 4.82. The van der Waals surface area contributed by atoms with Crippen LogP contribution in [0.5, 0.6) is 0 Å². The van der Waals surface area contributed by atoms with Crippen molar-refractivity contribution >= 4 is 5.69 Å². The van der Waals surface area contributed by atoms with Gasteiger partial charge in [-0.05, 0) is 57.2 Å². The molecule has 0 radical (unpaired) electrons. The molecule has 2 atom stereocenters. The molecule has 2 nitrogen and oxygen atoms in total. The molecule has 2 unspecified atom stereocenters. The summed E-state index contributed by atoms with van der Waals surface area (Å²) in [5.41, 5.74) is 4.84. The summed E-state index contributed by atoms with van der Waals surface area (Å²) in [6.07, 6.45) is 9.88. The highest BCUT2D eigenvalue weighted by molar-refractivity contribution is 5.61. The maximum Gasteiger partial charge on any atom is 0.0958 e. The Bertz CT molecular complexity index is 687. The van der Waals surface area contributed by atoms with Crippen LogP contribution in [0, 0.1) is 12.8 Å². The van der Waals surface area contributed by atoms with E-state index in [0.29, 0.717) is 5.92 Å². The fraction of sp³-hybridized carbons (Fsp3) is 0.500. The Labute approximate surface area is 135 Å². The molecule has 1 fully saturated rings. The maximum absolute atomic E-state index is 8.97. The van der Waals surface area contributed by atoms with Gasteiger partial charge in [0, 0.05) is 11.4 Å². The predicted molar refractivity (Wildman–Crippen MR) is 92.6 cm³/mol. The largest absolute Gasteiger partial charge is 0.343 e. The molecule has 1 aromatic carbocycles. The first kappa shape index (κ1) is 12.8. The van der Waals surface area contributed by atoms with Crippen LogP contribution in [0.25, 0.3) is 0 Å². The van der Waals surface area contributed by atoms with Gasteiger partial charge < -0.3 is 9.80 Å². The van der Waals surface area contributed by atoms with Crippen LogP contribution in [-0.4, -0.2) is 17.1 Å². The number of anilines is 1. The second kappa shape index (κ2) is 4.91. The second-order valence-electron chi connectivity index (χ2n) is 7.15. The van der Waals surface area contributed by atoms with Crippen LogP contribution in [-0.2, 0) is 0 Å². The second-order valence-corrected chi connectivity index (χ2v) is 7.15. The smallest absolute Gasteiger partial charge is 0.0958 e. The molecule has 4 rings (SSSR count). The summed E-state index contributed by atoms with van der Waals surface area (Å²) in [4.78, 5) is 4.55. The van der Waals surface area contributed by atoms with E-state index in [1.807, 2.05) is 0 Å². The van der Waals surface area contributed by atoms with Crippen LogP contribution in [0.1, 0.15) is 46.5 Å². The fourth-order valence-corrected chi connectivity index (χ4v) is 4.39. The van der Waals surface area contributed by atoms with Crippen molar-refractivity contribution in [2.24, 2.45) is 5.92 Å². The van der Waals surface area contributed by atoms with Gasteiger partial charge in [-0.15, -0.1) is 0 Å². The Hall–Kier alpha value is -1.70. The molecular weight excluding hydrogens is 268 g/mol. The number of hydrogen-bond donors (Lipinski definition) is 0. The number of para-hydroxylation sites is 1. The number of nitrogens with zero attached hydrogens (tertiary/aromatic N) is 2. The molecule has 1 saturated carbocycles. The summed E-state index contributed by atoms with van der Waals surface area (Å²) in [7, 11) is 0. The highest BCUT2D eigenvalue weighted by Gasteiger charge is 2.46. The Morgan fingerprint density at radius 2 is 1.91 bits per heavy atom. The van der Waals surface area contributed by atoms with E-state index in [9.17, 15) is 0 Å². The molecule has 2 aliphatic heterocycles. The first-order valence-corrected chi connectivity index (χ1v) is 8.50. The Kier molecular flexibility index (Phi) is 2.86. The summed E-state index contributed by atoms with van der Waals surface area (Å²) in [5.74, 6) is 0.675. The zero-order chi connectivity index (χ0) is 16.2. The van der Waals surface area contributed by atoms with Crippen molar-refractivity contribution in [3.63, 3.8) is 0 Å². The molecule has 0 aromatic heterocycles. The molecule has 1 aromatic rings. The average molecular weight is 295 g/mol. The molecule has 116 valence electrons. The number of fused-ring (bicyclic) bond motifs is 1. The van der Waals surface area contributed by atoms with E-state index in [-0.39, 0.29) is 12.2 Å². The number of rotatable bonds is 2. The van der Waals surface area contributed by atoms with Gasteiger partial charge in [0.2, 0.25) is 0 Å². The van der Waals surface area contributed by atoms with Gasteiger partial charge in [-0.25, -0.2) is 0 Å². The molecule has 3 aliphatic rings. The minimum Gasteiger partial charge on any atom is -0.343 e. The standard InChI is InChI=1S/C20H26N2/c1-15-8-4-7-11-18(15)21-14-22-19(16(21)2)12-13-20(22,3)17-9-5-6-10-17/h4,7-8,11-13,17H,5-6,9-10,14H2,1-3H3/i14D. The minimum atomic E-state index is -0.369. The molecule has 0 saturated heterocycles. The lowest BCUT2D eigenvalue weighted by Gasteiger charge is -2.40. The molecular formula is C20H26N2. The van der Waals surface area contributed by atoms with E-state index in [1.165, 1.54) is 42.6 Å². The number of allylic oxidation sites excluding steroid dienone is 2. The quantitative estimate of drug-likeness (QED) is 0.771. The van der Waals surface area contributed by atoms with Gasteiger partial charge >= 0.3 is 0 Å². The third-order valence-corrected chi connectivity index (χ3v) is 5.88. The van der Waals surface area contributed by atoms with Crippen LogP contribution >= 0.6 is 0 Å². The van der Waals surface area contributed by atoms with Crippen LogP contribution in [0.3, 0.4) is 0 Å². The van der Waals surface area contributed by atoms with E-state index < -0.39 is 0 Å². The molecule has 2 heterocycles. The van der Waals surface area contributed by atoms with Crippen molar-refractivity contribution in [3.8, 4) is 0 Å². The van der Waals surface area contributed by atoms with Crippen LogP contribution in [0.4, 0.5) is 5.69 Å². The van der Waals surface area contributed by atoms with E-state index >= 15 is 0 Å². The normalized spacial score (nSPS) is 32.1. The minimum absolute atomic E-state index is 0.00303. The molecule has 0 amide bonds. The van der Waals surface area contributed by atoms with Crippen LogP contribution in [0.2, 0.25) is 0 Å². The topological polar surface area (TPSA) is 6.48 Å². The lowest BCUT2D eigenvalue weighted by atomic mass is 9.84. The summed E-state index contributed by atoms with van der Waals surface area (Å²) in [5, 5.41) is 0. The first-order valence-electron chi connectivity index (χ1n) is 9.08. The summed E-state index contributed by atoms with van der Waals surface area (Å²) in [6, 6.07) is 8.41. The summed E-state index contributed by atoms with van der Waals surface area (Å²) in [6.45, 7) is 6.26. The van der Waals surface area contributed by atoms with Crippen molar-refractivity contribution in [1.29, 1.82) is 0 Å². The number of aryl methyl sites for hydroxylation is 1.